The number of benzene rings is 1. The second-order valence-corrected chi connectivity index (χ2v) is 8.02. The summed E-state index contributed by atoms with van der Waals surface area (Å²) in [5.74, 6) is -0.278. The Hall–Kier alpha value is -1.15. The zero-order valence-electron chi connectivity index (χ0n) is 12.5. The lowest BCUT2D eigenvalue weighted by atomic mass is 10.2. The largest absolute Gasteiger partial charge is 0.377 e. The average Bonchev–Trinajstić information content (AvgIpc) is 3.16. The first-order chi connectivity index (χ1) is 11.0. The van der Waals surface area contributed by atoms with Crippen LogP contribution < -0.4 is 10.0 Å². The average molecular weight is 359 g/mol. The van der Waals surface area contributed by atoms with Gasteiger partial charge in [-0.05, 0) is 43.9 Å². The second kappa shape index (κ2) is 6.76. The summed E-state index contributed by atoms with van der Waals surface area (Å²) in [5.41, 5.74) is 0.291. The highest BCUT2D eigenvalue weighted by Crippen LogP contribution is 2.24. The van der Waals surface area contributed by atoms with Crippen LogP contribution in [0.25, 0.3) is 0 Å². The van der Waals surface area contributed by atoms with Crippen LogP contribution in [0.4, 0.5) is 0 Å². The van der Waals surface area contributed by atoms with Crippen molar-refractivity contribution >= 4 is 27.5 Å². The minimum Gasteiger partial charge on any atom is -0.377 e. The van der Waals surface area contributed by atoms with Crippen LogP contribution in [0.15, 0.2) is 23.1 Å². The number of ether oxygens (including phenoxy) is 1. The van der Waals surface area contributed by atoms with Crippen molar-refractivity contribution in [2.24, 2.45) is 0 Å². The molecule has 23 heavy (non-hydrogen) atoms. The molecule has 0 aromatic heterocycles. The summed E-state index contributed by atoms with van der Waals surface area (Å²) in [6.45, 7) is 0.862. The molecule has 0 spiro atoms. The van der Waals surface area contributed by atoms with Gasteiger partial charge in [0, 0.05) is 24.8 Å². The fraction of sp³-hybridized carbons (Fsp3) is 0.533. The summed E-state index contributed by atoms with van der Waals surface area (Å²) in [7, 11) is -3.79. The molecule has 1 aliphatic carbocycles. The molecule has 1 atom stereocenters. The number of hydrogen-bond donors (Lipinski definition) is 2. The second-order valence-electron chi connectivity index (χ2n) is 5.88. The third kappa shape index (κ3) is 4.23. The summed E-state index contributed by atoms with van der Waals surface area (Å²) < 4.78 is 32.8. The topological polar surface area (TPSA) is 84.5 Å². The molecule has 0 unspecified atom stereocenters. The standard InChI is InChI=1S/C15H19ClN2O4S/c16-13-6-3-10(15(19)18-11-4-5-11)8-14(13)23(20,21)17-9-12-2-1-7-22-12/h3,6,8,11-12,17H,1-2,4-5,7,9H2,(H,18,19)/t12-/m1/s1. The van der Waals surface area contributed by atoms with Gasteiger partial charge in [-0.3, -0.25) is 4.79 Å². The van der Waals surface area contributed by atoms with Crippen LogP contribution >= 0.6 is 11.6 Å². The van der Waals surface area contributed by atoms with Crippen molar-refractivity contribution in [1.29, 1.82) is 0 Å². The molecule has 0 bridgehead atoms. The number of carbonyl (C=O) groups excluding carboxylic acids is 1. The number of sulfonamides is 1. The van der Waals surface area contributed by atoms with Crippen molar-refractivity contribution in [3.05, 3.63) is 28.8 Å². The monoisotopic (exact) mass is 358 g/mol. The quantitative estimate of drug-likeness (QED) is 0.810. The summed E-state index contributed by atoms with van der Waals surface area (Å²) in [4.78, 5) is 12.0. The molecule has 3 rings (SSSR count). The molecule has 1 amide bonds. The first kappa shape index (κ1) is 16.7. The van der Waals surface area contributed by atoms with Gasteiger partial charge in [0.1, 0.15) is 4.90 Å². The predicted octanol–water partition coefficient (Wildman–Crippen LogP) is 1.69. The van der Waals surface area contributed by atoms with E-state index in [4.69, 9.17) is 16.3 Å². The molecule has 1 aromatic rings. The van der Waals surface area contributed by atoms with E-state index < -0.39 is 10.0 Å². The van der Waals surface area contributed by atoms with E-state index in [0.717, 1.165) is 25.7 Å². The molecule has 2 fully saturated rings. The van der Waals surface area contributed by atoms with Crippen LogP contribution in [0.2, 0.25) is 5.02 Å². The third-order valence-electron chi connectivity index (χ3n) is 3.92. The maximum absolute atomic E-state index is 12.4. The Balaban J connectivity index is 1.74. The number of amides is 1. The summed E-state index contributed by atoms with van der Waals surface area (Å²) >= 11 is 6.02. The van der Waals surface area contributed by atoms with Crippen LogP contribution in [0.5, 0.6) is 0 Å². The first-order valence-electron chi connectivity index (χ1n) is 7.67. The summed E-state index contributed by atoms with van der Waals surface area (Å²) in [6.07, 6.45) is 3.59. The van der Waals surface area contributed by atoms with E-state index in [2.05, 4.69) is 10.0 Å². The molecule has 1 saturated heterocycles. The summed E-state index contributed by atoms with van der Waals surface area (Å²) in [6, 6.07) is 4.48. The van der Waals surface area contributed by atoms with Gasteiger partial charge in [-0.25, -0.2) is 13.1 Å². The predicted molar refractivity (Wildman–Crippen MR) is 86.1 cm³/mol. The van der Waals surface area contributed by atoms with E-state index in [9.17, 15) is 13.2 Å². The molecule has 2 aliphatic rings. The smallest absolute Gasteiger partial charge is 0.251 e. The van der Waals surface area contributed by atoms with Gasteiger partial charge in [0.25, 0.3) is 5.91 Å². The van der Waals surface area contributed by atoms with Crippen LogP contribution in [0.1, 0.15) is 36.0 Å². The minimum atomic E-state index is -3.79. The Morgan fingerprint density at radius 1 is 1.30 bits per heavy atom. The lowest BCUT2D eigenvalue weighted by Crippen LogP contribution is -2.32. The number of carbonyl (C=O) groups is 1. The lowest BCUT2D eigenvalue weighted by molar-refractivity contribution is 0.0951. The van der Waals surface area contributed by atoms with Gasteiger partial charge >= 0.3 is 0 Å². The molecular weight excluding hydrogens is 340 g/mol. The number of nitrogens with one attached hydrogen (secondary N) is 2. The Morgan fingerprint density at radius 3 is 2.74 bits per heavy atom. The first-order valence-corrected chi connectivity index (χ1v) is 9.53. The fourth-order valence-electron chi connectivity index (χ4n) is 2.43. The zero-order chi connectivity index (χ0) is 16.4. The maximum Gasteiger partial charge on any atom is 0.251 e. The van der Waals surface area contributed by atoms with E-state index in [1.807, 2.05) is 0 Å². The van der Waals surface area contributed by atoms with Crippen LogP contribution in [0, 0.1) is 0 Å². The third-order valence-corrected chi connectivity index (χ3v) is 5.83. The van der Waals surface area contributed by atoms with Crippen molar-refractivity contribution in [2.45, 2.75) is 42.7 Å². The molecule has 2 N–H and O–H groups in total. The normalized spacial score (nSPS) is 21.3. The van der Waals surface area contributed by atoms with Crippen molar-refractivity contribution in [3.63, 3.8) is 0 Å². The van der Waals surface area contributed by atoms with E-state index in [1.165, 1.54) is 18.2 Å². The molecule has 6 nitrogen and oxygen atoms in total. The Bertz CT molecular complexity index is 697. The Labute approximate surface area is 140 Å². The highest BCUT2D eigenvalue weighted by molar-refractivity contribution is 7.89. The van der Waals surface area contributed by atoms with Crippen molar-refractivity contribution < 1.29 is 17.9 Å². The van der Waals surface area contributed by atoms with E-state index >= 15 is 0 Å². The Kier molecular flexibility index (Phi) is 4.91. The van der Waals surface area contributed by atoms with Gasteiger partial charge < -0.3 is 10.1 Å². The van der Waals surface area contributed by atoms with Crippen molar-refractivity contribution in [1.82, 2.24) is 10.0 Å². The van der Waals surface area contributed by atoms with Crippen LogP contribution in [0.3, 0.4) is 0 Å². The molecule has 8 heteroatoms. The molecule has 126 valence electrons. The molecule has 1 aromatic carbocycles. The van der Waals surface area contributed by atoms with Gasteiger partial charge in [0.2, 0.25) is 10.0 Å². The number of hydrogen-bond acceptors (Lipinski definition) is 4. The van der Waals surface area contributed by atoms with Gasteiger partial charge in [-0.15, -0.1) is 0 Å². The highest BCUT2D eigenvalue weighted by atomic mass is 35.5. The molecule has 1 aliphatic heterocycles. The Morgan fingerprint density at radius 2 is 2.09 bits per heavy atom. The lowest BCUT2D eigenvalue weighted by Gasteiger charge is -2.13. The van der Waals surface area contributed by atoms with E-state index in [-0.39, 0.29) is 34.5 Å². The van der Waals surface area contributed by atoms with Gasteiger partial charge in [-0.1, -0.05) is 11.6 Å². The van der Waals surface area contributed by atoms with Gasteiger partial charge in [0.15, 0.2) is 0 Å². The van der Waals surface area contributed by atoms with Crippen molar-refractivity contribution in [2.75, 3.05) is 13.2 Å². The molecule has 1 saturated carbocycles. The van der Waals surface area contributed by atoms with Crippen LogP contribution in [-0.4, -0.2) is 39.6 Å². The minimum absolute atomic E-state index is 0.0828. The number of halogens is 1. The molecule has 0 radical (unpaired) electrons. The van der Waals surface area contributed by atoms with Crippen LogP contribution in [-0.2, 0) is 14.8 Å². The van der Waals surface area contributed by atoms with Gasteiger partial charge in [-0.2, -0.15) is 0 Å². The highest BCUT2D eigenvalue weighted by Gasteiger charge is 2.26. The van der Waals surface area contributed by atoms with E-state index in [0.29, 0.717) is 12.2 Å². The molecular formula is C15H19ClN2O4S. The zero-order valence-corrected chi connectivity index (χ0v) is 14.1. The summed E-state index contributed by atoms with van der Waals surface area (Å²) in [5, 5.41) is 2.92. The van der Waals surface area contributed by atoms with Crippen molar-refractivity contribution in [3.8, 4) is 0 Å². The molecule has 1 heterocycles. The fourth-order valence-corrected chi connectivity index (χ4v) is 4.02. The number of rotatable bonds is 6. The SMILES string of the molecule is O=C(NC1CC1)c1ccc(Cl)c(S(=O)(=O)NC[C@H]2CCCO2)c1. The van der Waals surface area contributed by atoms with Gasteiger partial charge in [0.05, 0.1) is 11.1 Å². The van der Waals surface area contributed by atoms with E-state index in [1.54, 1.807) is 0 Å². The maximum atomic E-state index is 12.4.